The molecule has 0 fully saturated rings. The summed E-state index contributed by atoms with van der Waals surface area (Å²) in [6, 6.07) is 22.6. The van der Waals surface area contributed by atoms with Crippen LogP contribution in [0.5, 0.6) is 0 Å². The monoisotopic (exact) mass is 880 g/mol. The summed E-state index contributed by atoms with van der Waals surface area (Å²) in [4.78, 5) is 0. The summed E-state index contributed by atoms with van der Waals surface area (Å²) in [6.45, 7) is 0. The van der Waals surface area contributed by atoms with E-state index in [2.05, 4.69) is 0 Å². The molecule has 0 aromatic heterocycles. The molecule has 18 nitrogen and oxygen atoms in total. The molecule has 6 N–H and O–H groups in total. The Balaban J connectivity index is -0.000000152. The molecule has 270 valence electrons. The van der Waals surface area contributed by atoms with E-state index in [-0.39, 0.29) is 143 Å². The molecule has 0 radical (unpaired) electrons. The van der Waals surface area contributed by atoms with E-state index in [4.69, 9.17) is 27.3 Å². The van der Waals surface area contributed by atoms with Gasteiger partial charge in [0.25, 0.3) is 0 Å². The van der Waals surface area contributed by atoms with Crippen LogP contribution in [0.3, 0.4) is 0 Å². The molecule has 0 bridgehead atoms. The molecule has 0 aliphatic rings. The van der Waals surface area contributed by atoms with Gasteiger partial charge < -0.3 is 4.28 Å². The first-order chi connectivity index (χ1) is 21.6. The fraction of sp³-hybridized carbons (Fsp3) is 0. The zero-order chi connectivity index (χ0) is 37.2. The molecule has 0 amide bonds. The van der Waals surface area contributed by atoms with Crippen LogP contribution >= 0.6 is 0 Å². The number of benzene rings is 3. The van der Waals surface area contributed by atoms with Gasteiger partial charge in [0.05, 0.1) is 0 Å². The van der Waals surface area contributed by atoms with Crippen molar-refractivity contribution < 1.29 is 204 Å². The molecule has 3 rings (SSSR count). The van der Waals surface area contributed by atoms with Gasteiger partial charge in [-0.3, -0.25) is 27.3 Å². The second kappa shape index (κ2) is 23.3. The zero-order valence-electron chi connectivity index (χ0n) is 29.4. The molecule has 51 heavy (non-hydrogen) atoms. The molecule has 0 atom stereocenters. The van der Waals surface area contributed by atoms with E-state index < -0.39 is 73.4 Å². The van der Waals surface area contributed by atoms with Gasteiger partial charge in [-0.1, -0.05) is 91.0 Å². The van der Waals surface area contributed by atoms with E-state index in [0.29, 0.717) is 18.2 Å². The molecule has 0 saturated carbocycles. The Kier molecular flexibility index (Phi) is 25.4. The Bertz CT molecular complexity index is 2000. The average molecular weight is 881 g/mol. The molecule has 0 aliphatic carbocycles. The average Bonchev–Trinajstić information content (AvgIpc) is 2.92. The van der Waals surface area contributed by atoms with Crippen LogP contribution in [0.4, 0.5) is 0 Å². The maximum Gasteiger partial charge on any atom is 1.00 e. The molecule has 27 heteroatoms. The minimum atomic E-state index is -5.00. The fourth-order valence-corrected chi connectivity index (χ4v) is 7.81. The number of hydrogen-bond donors (Lipinski definition) is 6. The first kappa shape index (κ1) is 55.5. The van der Waals surface area contributed by atoms with Crippen molar-refractivity contribution in [2.45, 2.75) is 0 Å². The Labute approximate surface area is 396 Å². The summed E-state index contributed by atoms with van der Waals surface area (Å²) < 4.78 is 176. The van der Waals surface area contributed by atoms with Crippen LogP contribution in [-0.4, -0.2) is 77.8 Å². The minimum Gasteiger partial charge on any atom is -1.00 e. The third kappa shape index (κ3) is 22.4. The second-order valence-electron chi connectivity index (χ2n) is 8.47. The normalized spacial score (nSPS) is 11.4. The maximum absolute atomic E-state index is 10.7. The van der Waals surface area contributed by atoms with Gasteiger partial charge in [-0.15, -0.1) is 0 Å². The third-order valence-corrected chi connectivity index (χ3v) is 12.3. The molecule has 3 aromatic carbocycles. The minimum absolute atomic E-state index is 0. The molecule has 0 aliphatic heterocycles. The maximum atomic E-state index is 10.7. The largest absolute Gasteiger partial charge is 1.00 e. The van der Waals surface area contributed by atoms with Crippen molar-refractivity contribution in [2.24, 2.45) is 0 Å². The Hall–Kier alpha value is 0.210. The van der Waals surface area contributed by atoms with E-state index in [1.165, 1.54) is 72.8 Å². The van der Waals surface area contributed by atoms with E-state index in [1.54, 1.807) is 18.2 Å². The van der Waals surface area contributed by atoms with E-state index in [9.17, 15) is 50.5 Å². The summed E-state index contributed by atoms with van der Waals surface area (Å²) in [5.74, 6) is 0. The van der Waals surface area contributed by atoms with Crippen LogP contribution in [0.25, 0.3) is 18.2 Å². The predicted molar refractivity (Wildman–Crippen MR) is 176 cm³/mol. The molecule has 0 heterocycles. The van der Waals surface area contributed by atoms with Crippen LogP contribution in [0.15, 0.2) is 104 Å². The van der Waals surface area contributed by atoms with Gasteiger partial charge in [0, 0.05) is 0 Å². The summed E-state index contributed by atoms with van der Waals surface area (Å²) in [6.07, 6.45) is 1.97. The summed E-state index contributed by atoms with van der Waals surface area (Å²) in [5.41, 5.74) is 0.647. The summed E-state index contributed by atoms with van der Waals surface area (Å²) in [7, 11) is -30.0. The molecule has 0 unspecified atom stereocenters. The van der Waals surface area contributed by atoms with Crippen LogP contribution < -0.4 is 122 Å². The van der Waals surface area contributed by atoms with Crippen LogP contribution in [0.1, 0.15) is 21.0 Å². The van der Waals surface area contributed by atoms with Crippen molar-refractivity contribution in [1.82, 2.24) is 0 Å². The third-order valence-electron chi connectivity index (χ3n) is 4.78. The molecular weight excluding hydrogens is 854 g/mol. The number of hydrogen-bond acceptors (Lipinski definition) is 12. The molecule has 0 saturated heterocycles. The Morgan fingerprint density at radius 2 is 0.490 bits per heavy atom. The first-order valence-electron chi connectivity index (χ1n) is 11.8. The van der Waals surface area contributed by atoms with Gasteiger partial charge in [0.15, 0.2) is 0 Å². The first-order valence-corrected chi connectivity index (χ1v) is 20.4. The van der Waals surface area contributed by atoms with Crippen LogP contribution in [-0.2, 0) is 60.7 Å². The number of rotatable bonds is 9. The van der Waals surface area contributed by atoms with Crippen LogP contribution in [0, 0.1) is 0 Å². The smallest absolute Gasteiger partial charge is 1.00 e. The topological polar surface area (TPSA) is 326 Å². The summed E-state index contributed by atoms with van der Waals surface area (Å²) >= 11 is 0. The van der Waals surface area contributed by atoms with Gasteiger partial charge in [-0.05, 0) is 34.9 Å². The quantitative estimate of drug-likeness (QED) is 0.0860. The van der Waals surface area contributed by atoms with Gasteiger partial charge in [-0.25, -0.2) is 0 Å². The van der Waals surface area contributed by atoms with Gasteiger partial charge >= 0.3 is 182 Å². The molecule has 3 aromatic rings. The van der Waals surface area contributed by atoms with Gasteiger partial charge in [0.1, 0.15) is 0 Å². The van der Waals surface area contributed by atoms with Crippen molar-refractivity contribution in [3.8, 4) is 0 Å². The van der Waals surface area contributed by atoms with E-state index in [1.807, 2.05) is 0 Å². The predicted octanol–water partition coefficient (Wildman–Crippen LogP) is -6.37. The molecule has 0 spiro atoms. The van der Waals surface area contributed by atoms with Crippen molar-refractivity contribution in [2.75, 3.05) is 0 Å². The van der Waals surface area contributed by atoms with Gasteiger partial charge in [0.2, 0.25) is 12.7 Å². The summed E-state index contributed by atoms with van der Waals surface area (Å²) in [5, 5.41) is 0. The SMILES string of the molecule is O=S(=O)(O)C(=Cc1ccccc1)S(=O)(=O)O.O=S(=O)(O)C(=Cc1ccccc1)S(=O)(=O)O.O=S(=O)(O)C(=Cc1ccccc1)S(=O)(=O)O.[H-].[H-].[H-].[K+].[K+].[Li+]. The fourth-order valence-electron chi connectivity index (χ4n) is 2.90. The Morgan fingerprint density at radius 3 is 0.608 bits per heavy atom. The zero-order valence-corrected chi connectivity index (χ0v) is 37.6. The van der Waals surface area contributed by atoms with Crippen molar-refractivity contribution in [3.05, 3.63) is 120 Å². The van der Waals surface area contributed by atoms with Crippen molar-refractivity contribution in [3.63, 3.8) is 0 Å². The van der Waals surface area contributed by atoms with E-state index >= 15 is 0 Å². The van der Waals surface area contributed by atoms with Crippen LogP contribution in [0.2, 0.25) is 0 Å². The molecular formula is C24H27K2LiO18S6. The van der Waals surface area contributed by atoms with Crippen molar-refractivity contribution in [1.29, 1.82) is 0 Å². The second-order valence-corrected chi connectivity index (χ2v) is 17.6. The van der Waals surface area contributed by atoms with Gasteiger partial charge in [-0.2, -0.15) is 50.5 Å². The Morgan fingerprint density at radius 1 is 0.353 bits per heavy atom. The van der Waals surface area contributed by atoms with E-state index in [0.717, 1.165) is 0 Å². The standard InChI is InChI=1S/3C8H8O6S2.2K.Li.3H/c3*9-15(10,11)8(16(12,13)14)6-7-4-2-1-3-5-7;;;;;;/h3*1-6H,(H,9,10,11)(H,12,13,14);;;;;;/q;;;3*+1;3*-1. The van der Waals surface area contributed by atoms with Crippen molar-refractivity contribution >= 4 is 78.9 Å².